The lowest BCUT2D eigenvalue weighted by atomic mass is 10.1. The predicted octanol–water partition coefficient (Wildman–Crippen LogP) is 2.62. The number of amides is 1. The first kappa shape index (κ1) is 15.5. The highest BCUT2D eigenvalue weighted by molar-refractivity contribution is 5.73. The van der Waals surface area contributed by atoms with Crippen molar-refractivity contribution in [1.82, 2.24) is 9.97 Å². The van der Waals surface area contributed by atoms with Crippen LogP contribution in [-0.4, -0.2) is 22.4 Å². The van der Waals surface area contributed by atoms with Gasteiger partial charge >= 0.3 is 0 Å². The van der Waals surface area contributed by atoms with E-state index in [1.54, 1.807) is 0 Å². The standard InChI is InChI=1S/C18H22N4O/c1-12-5-2-6-13(11-12)17-21-15-8-3-7-14(15)18(22-17)20-10-4-9-16(19)23/h2,5-6,11H,3-4,7-10H2,1H3,(H2,19,23)(H,20,21,22). The van der Waals surface area contributed by atoms with Gasteiger partial charge in [-0.25, -0.2) is 9.97 Å². The molecule has 0 fully saturated rings. The lowest BCUT2D eigenvalue weighted by Gasteiger charge is -2.12. The number of rotatable bonds is 6. The quantitative estimate of drug-likeness (QED) is 0.804. The van der Waals surface area contributed by atoms with E-state index in [1.165, 1.54) is 11.1 Å². The third-order valence-electron chi connectivity index (χ3n) is 4.10. The number of benzene rings is 1. The molecule has 0 bridgehead atoms. The van der Waals surface area contributed by atoms with Gasteiger partial charge < -0.3 is 11.1 Å². The molecule has 2 aromatic rings. The van der Waals surface area contributed by atoms with Crippen LogP contribution in [-0.2, 0) is 17.6 Å². The van der Waals surface area contributed by atoms with Gasteiger partial charge in [0, 0.05) is 29.8 Å². The zero-order valence-electron chi connectivity index (χ0n) is 13.4. The monoisotopic (exact) mass is 310 g/mol. The third kappa shape index (κ3) is 3.67. The summed E-state index contributed by atoms with van der Waals surface area (Å²) in [5.74, 6) is 1.42. The lowest BCUT2D eigenvalue weighted by molar-refractivity contribution is -0.118. The minimum absolute atomic E-state index is 0.264. The van der Waals surface area contributed by atoms with Gasteiger partial charge in [-0.15, -0.1) is 0 Å². The van der Waals surface area contributed by atoms with E-state index in [9.17, 15) is 4.79 Å². The Hall–Kier alpha value is -2.43. The van der Waals surface area contributed by atoms with E-state index in [0.29, 0.717) is 19.4 Å². The summed E-state index contributed by atoms with van der Waals surface area (Å²) in [6.45, 7) is 2.76. The Kier molecular flexibility index (Phi) is 4.55. The van der Waals surface area contributed by atoms with Crippen molar-refractivity contribution in [3.63, 3.8) is 0 Å². The Morgan fingerprint density at radius 3 is 2.96 bits per heavy atom. The molecule has 3 rings (SSSR count). The molecule has 5 heteroatoms. The molecule has 3 N–H and O–H groups in total. The summed E-state index contributed by atoms with van der Waals surface area (Å²) in [5, 5.41) is 3.37. The first-order chi connectivity index (χ1) is 11.1. The summed E-state index contributed by atoms with van der Waals surface area (Å²) in [6.07, 6.45) is 4.25. The summed E-state index contributed by atoms with van der Waals surface area (Å²) in [5.41, 5.74) is 9.79. The van der Waals surface area contributed by atoms with Gasteiger partial charge in [0.2, 0.25) is 5.91 Å². The van der Waals surface area contributed by atoms with Crippen molar-refractivity contribution in [2.45, 2.75) is 39.0 Å². The number of nitrogens with zero attached hydrogens (tertiary/aromatic N) is 2. The van der Waals surface area contributed by atoms with Crippen LogP contribution in [0.25, 0.3) is 11.4 Å². The van der Waals surface area contributed by atoms with Crippen LogP contribution in [0, 0.1) is 6.92 Å². The van der Waals surface area contributed by atoms with Crippen molar-refractivity contribution >= 4 is 11.7 Å². The van der Waals surface area contributed by atoms with Crippen molar-refractivity contribution in [1.29, 1.82) is 0 Å². The predicted molar refractivity (Wildman–Crippen MR) is 91.1 cm³/mol. The molecule has 1 heterocycles. The summed E-state index contributed by atoms with van der Waals surface area (Å²) in [6, 6.07) is 8.25. The second-order valence-corrected chi connectivity index (χ2v) is 6.04. The molecule has 0 unspecified atom stereocenters. The van der Waals surface area contributed by atoms with Crippen LogP contribution in [0.5, 0.6) is 0 Å². The van der Waals surface area contributed by atoms with Gasteiger partial charge in [0.25, 0.3) is 0 Å². The number of fused-ring (bicyclic) bond motifs is 1. The minimum Gasteiger partial charge on any atom is -0.370 e. The highest BCUT2D eigenvalue weighted by atomic mass is 16.1. The van der Waals surface area contributed by atoms with E-state index < -0.39 is 0 Å². The number of carbonyl (C=O) groups is 1. The van der Waals surface area contributed by atoms with E-state index in [4.69, 9.17) is 15.7 Å². The van der Waals surface area contributed by atoms with E-state index in [0.717, 1.165) is 42.2 Å². The largest absolute Gasteiger partial charge is 0.370 e. The number of hydrogen-bond acceptors (Lipinski definition) is 4. The topological polar surface area (TPSA) is 80.9 Å². The molecular formula is C18H22N4O. The molecule has 0 atom stereocenters. The van der Waals surface area contributed by atoms with Crippen molar-refractivity contribution in [3.05, 3.63) is 41.1 Å². The fraction of sp³-hybridized carbons (Fsp3) is 0.389. The van der Waals surface area contributed by atoms with E-state index in [-0.39, 0.29) is 5.91 Å². The molecule has 1 aliphatic carbocycles. The highest BCUT2D eigenvalue weighted by Gasteiger charge is 2.19. The second kappa shape index (κ2) is 6.77. The van der Waals surface area contributed by atoms with Gasteiger partial charge in [-0.05, 0) is 38.7 Å². The molecule has 23 heavy (non-hydrogen) atoms. The number of aromatic nitrogens is 2. The fourth-order valence-corrected chi connectivity index (χ4v) is 2.96. The molecule has 5 nitrogen and oxygen atoms in total. The number of aryl methyl sites for hydroxylation is 2. The molecule has 0 saturated heterocycles. The molecule has 0 spiro atoms. The maximum absolute atomic E-state index is 10.8. The van der Waals surface area contributed by atoms with Gasteiger partial charge in [0.1, 0.15) is 5.82 Å². The molecule has 120 valence electrons. The van der Waals surface area contributed by atoms with Crippen LogP contribution in [0.1, 0.15) is 36.1 Å². The van der Waals surface area contributed by atoms with Crippen molar-refractivity contribution in [3.8, 4) is 11.4 Å². The zero-order valence-corrected chi connectivity index (χ0v) is 13.4. The SMILES string of the molecule is Cc1cccc(-c2nc3c(c(NCCCC(N)=O)n2)CCC3)c1. The number of hydrogen-bond donors (Lipinski definition) is 2. The van der Waals surface area contributed by atoms with Crippen molar-refractivity contribution in [2.75, 3.05) is 11.9 Å². The highest BCUT2D eigenvalue weighted by Crippen LogP contribution is 2.29. The molecule has 1 aromatic carbocycles. The van der Waals surface area contributed by atoms with E-state index in [1.807, 2.05) is 12.1 Å². The van der Waals surface area contributed by atoms with Gasteiger partial charge in [-0.1, -0.05) is 23.8 Å². The first-order valence-corrected chi connectivity index (χ1v) is 8.12. The van der Waals surface area contributed by atoms with Gasteiger partial charge in [-0.2, -0.15) is 0 Å². The maximum Gasteiger partial charge on any atom is 0.217 e. The van der Waals surface area contributed by atoms with Crippen LogP contribution in [0.3, 0.4) is 0 Å². The Morgan fingerprint density at radius 2 is 2.17 bits per heavy atom. The second-order valence-electron chi connectivity index (χ2n) is 6.04. The zero-order chi connectivity index (χ0) is 16.2. The molecule has 1 aliphatic rings. The van der Waals surface area contributed by atoms with Crippen LogP contribution in [0.4, 0.5) is 5.82 Å². The number of carbonyl (C=O) groups excluding carboxylic acids is 1. The van der Waals surface area contributed by atoms with Crippen LogP contribution >= 0.6 is 0 Å². The molecule has 0 aliphatic heterocycles. The Morgan fingerprint density at radius 1 is 1.30 bits per heavy atom. The fourth-order valence-electron chi connectivity index (χ4n) is 2.96. The summed E-state index contributed by atoms with van der Waals surface area (Å²) in [7, 11) is 0. The van der Waals surface area contributed by atoms with Crippen LogP contribution in [0.2, 0.25) is 0 Å². The maximum atomic E-state index is 10.8. The Labute approximate surface area is 136 Å². The minimum atomic E-state index is -0.264. The normalized spacial score (nSPS) is 12.9. The average Bonchev–Trinajstić information content (AvgIpc) is 2.99. The van der Waals surface area contributed by atoms with E-state index in [2.05, 4.69) is 24.4 Å². The smallest absolute Gasteiger partial charge is 0.217 e. The lowest BCUT2D eigenvalue weighted by Crippen LogP contribution is -2.14. The molecular weight excluding hydrogens is 288 g/mol. The number of primary amides is 1. The van der Waals surface area contributed by atoms with Crippen molar-refractivity contribution < 1.29 is 4.79 Å². The van der Waals surface area contributed by atoms with Gasteiger partial charge in [-0.3, -0.25) is 4.79 Å². The molecule has 1 amide bonds. The first-order valence-electron chi connectivity index (χ1n) is 8.12. The average molecular weight is 310 g/mol. The van der Waals surface area contributed by atoms with Crippen LogP contribution < -0.4 is 11.1 Å². The molecule has 1 aromatic heterocycles. The summed E-state index contributed by atoms with van der Waals surface area (Å²) < 4.78 is 0. The number of nitrogens with two attached hydrogens (primary N) is 1. The molecule has 0 radical (unpaired) electrons. The van der Waals surface area contributed by atoms with Gasteiger partial charge in [0.15, 0.2) is 5.82 Å². The Balaban J connectivity index is 1.85. The summed E-state index contributed by atoms with van der Waals surface area (Å²) >= 11 is 0. The summed E-state index contributed by atoms with van der Waals surface area (Å²) in [4.78, 5) is 20.3. The Bertz CT molecular complexity index is 727. The molecule has 0 saturated carbocycles. The third-order valence-corrected chi connectivity index (χ3v) is 4.10. The van der Waals surface area contributed by atoms with Crippen LogP contribution in [0.15, 0.2) is 24.3 Å². The number of nitrogens with one attached hydrogen (secondary N) is 1. The van der Waals surface area contributed by atoms with Crippen molar-refractivity contribution in [2.24, 2.45) is 5.73 Å². The number of anilines is 1. The van der Waals surface area contributed by atoms with Gasteiger partial charge in [0.05, 0.1) is 0 Å². The van der Waals surface area contributed by atoms with E-state index >= 15 is 0 Å².